The van der Waals surface area contributed by atoms with Crippen LogP contribution in [0.5, 0.6) is 0 Å². The summed E-state index contributed by atoms with van der Waals surface area (Å²) in [5.41, 5.74) is 8.17. The van der Waals surface area contributed by atoms with Gasteiger partial charge in [0.1, 0.15) is 11.4 Å². The molecule has 0 saturated carbocycles. The molecule has 2 aliphatic rings. The first-order chi connectivity index (χ1) is 16.0. The van der Waals surface area contributed by atoms with E-state index >= 15 is 0 Å². The number of nitrogens with one attached hydrogen (secondary N) is 1. The number of benzene rings is 2. The van der Waals surface area contributed by atoms with Crippen molar-refractivity contribution >= 4 is 11.6 Å². The van der Waals surface area contributed by atoms with E-state index in [1.54, 1.807) is 4.90 Å². The number of hydrogen-bond acceptors (Lipinski definition) is 4. The number of aliphatic hydroxyl groups excluding tert-OH is 1. The van der Waals surface area contributed by atoms with E-state index in [2.05, 4.69) is 24.3 Å². The van der Waals surface area contributed by atoms with Gasteiger partial charge in [0.25, 0.3) is 5.91 Å². The van der Waals surface area contributed by atoms with Crippen LogP contribution in [0.3, 0.4) is 0 Å². The predicted molar refractivity (Wildman–Crippen MR) is 131 cm³/mol. The molecule has 1 amide bonds. The van der Waals surface area contributed by atoms with Gasteiger partial charge in [-0.15, -0.1) is 0 Å². The molecule has 1 fully saturated rings. The highest BCUT2D eigenvalue weighted by atomic mass is 16.3. The lowest BCUT2D eigenvalue weighted by atomic mass is 10.0. The van der Waals surface area contributed by atoms with Crippen molar-refractivity contribution in [1.82, 2.24) is 10.2 Å². The van der Waals surface area contributed by atoms with Crippen molar-refractivity contribution in [2.24, 2.45) is 5.10 Å². The molecule has 2 aliphatic heterocycles. The van der Waals surface area contributed by atoms with Crippen LogP contribution in [0.15, 0.2) is 71.0 Å². The normalized spacial score (nSPS) is 21.3. The zero-order chi connectivity index (χ0) is 23.4. The van der Waals surface area contributed by atoms with E-state index in [1.165, 1.54) is 16.8 Å². The van der Waals surface area contributed by atoms with Crippen LogP contribution in [0.1, 0.15) is 60.7 Å². The maximum Gasteiger partial charge on any atom is 0.253 e. The van der Waals surface area contributed by atoms with E-state index in [4.69, 9.17) is 0 Å². The third-order valence-corrected chi connectivity index (χ3v) is 6.89. The minimum Gasteiger partial charge on any atom is -0.387 e. The van der Waals surface area contributed by atoms with Crippen molar-refractivity contribution in [1.29, 1.82) is 0 Å². The molecule has 0 aliphatic carbocycles. The van der Waals surface area contributed by atoms with E-state index in [-0.39, 0.29) is 11.9 Å². The standard InChI is InChI=1S/C27H34N4O2/c1-4-23-18(2)25(30-29-23)17-31(3)27(33)21-12-10-19(11-13-21)16-22-14-15-24(28-22)26(32)20-8-6-5-7-9-20/h5-13,22,24,26,28,32H,4,14-17H2,1-3H3,(H,29,30)/p+1. The number of allylic oxidation sites excluding steroid dienone is 1. The lowest BCUT2D eigenvalue weighted by Gasteiger charge is -2.20. The Balaban J connectivity index is 1.30. The van der Waals surface area contributed by atoms with E-state index in [0.717, 1.165) is 37.0 Å². The fourth-order valence-corrected chi connectivity index (χ4v) is 4.78. The lowest BCUT2D eigenvalue weighted by molar-refractivity contribution is -0.611. The summed E-state index contributed by atoms with van der Waals surface area (Å²) in [6, 6.07) is 18.2. The molecule has 6 heteroatoms. The van der Waals surface area contributed by atoms with Crippen molar-refractivity contribution in [2.75, 3.05) is 13.6 Å². The monoisotopic (exact) mass is 447 g/mol. The molecule has 2 aromatic carbocycles. The van der Waals surface area contributed by atoms with Gasteiger partial charge in [0, 0.05) is 36.7 Å². The van der Waals surface area contributed by atoms with Gasteiger partial charge in [-0.25, -0.2) is 0 Å². The van der Waals surface area contributed by atoms with E-state index in [1.807, 2.05) is 67.1 Å². The molecule has 3 atom stereocenters. The van der Waals surface area contributed by atoms with Crippen molar-refractivity contribution in [3.8, 4) is 0 Å². The quantitative estimate of drug-likeness (QED) is 0.545. The first-order valence-corrected chi connectivity index (χ1v) is 11.9. The summed E-state index contributed by atoms with van der Waals surface area (Å²) in [5, 5.41) is 18.8. The third-order valence-electron chi connectivity index (χ3n) is 6.89. The Morgan fingerprint density at radius 3 is 2.58 bits per heavy atom. The molecule has 4 N–H and O–H groups in total. The number of nitrogens with two attached hydrogens (primary N) is 1. The zero-order valence-corrected chi connectivity index (χ0v) is 19.8. The topological polar surface area (TPSA) is 81.5 Å². The van der Waals surface area contributed by atoms with Crippen molar-refractivity contribution in [3.05, 3.63) is 82.6 Å². The fourth-order valence-electron chi connectivity index (χ4n) is 4.78. The van der Waals surface area contributed by atoms with Crippen LogP contribution >= 0.6 is 0 Å². The van der Waals surface area contributed by atoms with Crippen LogP contribution in [-0.4, -0.2) is 47.3 Å². The summed E-state index contributed by atoms with van der Waals surface area (Å²) in [7, 11) is 1.83. The van der Waals surface area contributed by atoms with E-state index in [9.17, 15) is 9.90 Å². The maximum absolute atomic E-state index is 12.9. The molecule has 2 heterocycles. The Labute approximate surface area is 196 Å². The molecular weight excluding hydrogens is 412 g/mol. The van der Waals surface area contributed by atoms with Gasteiger partial charge < -0.3 is 15.3 Å². The second-order valence-corrected chi connectivity index (χ2v) is 9.17. The maximum atomic E-state index is 12.9. The van der Waals surface area contributed by atoms with Crippen molar-refractivity contribution < 1.29 is 15.3 Å². The van der Waals surface area contributed by atoms with Gasteiger partial charge in [0.2, 0.25) is 0 Å². The van der Waals surface area contributed by atoms with Crippen LogP contribution in [0.25, 0.3) is 0 Å². The second-order valence-electron chi connectivity index (χ2n) is 9.17. The van der Waals surface area contributed by atoms with Gasteiger partial charge in [0.15, 0.2) is 0 Å². The highest BCUT2D eigenvalue weighted by Gasteiger charge is 2.30. The first-order valence-electron chi connectivity index (χ1n) is 11.9. The molecule has 2 aromatic rings. The smallest absolute Gasteiger partial charge is 0.253 e. The average Bonchev–Trinajstić information content (AvgIpc) is 3.45. The van der Waals surface area contributed by atoms with E-state index < -0.39 is 6.10 Å². The molecule has 6 nitrogen and oxygen atoms in total. The summed E-state index contributed by atoms with van der Waals surface area (Å²) in [4.78, 5) is 14.6. The number of carbonyl (C=O) groups is 1. The van der Waals surface area contributed by atoms with Gasteiger partial charge in [-0.2, -0.15) is 5.43 Å². The molecule has 0 radical (unpaired) electrons. The minimum atomic E-state index is -0.485. The summed E-state index contributed by atoms with van der Waals surface area (Å²) in [6.45, 7) is 4.72. The highest BCUT2D eigenvalue weighted by Crippen LogP contribution is 2.26. The molecule has 0 spiro atoms. The Morgan fingerprint density at radius 2 is 1.91 bits per heavy atom. The number of nitrogens with zero attached hydrogens (tertiary/aromatic N) is 2. The highest BCUT2D eigenvalue weighted by molar-refractivity contribution is 6.05. The van der Waals surface area contributed by atoms with Gasteiger partial charge in [-0.3, -0.25) is 4.79 Å². The van der Waals surface area contributed by atoms with Crippen molar-refractivity contribution in [2.45, 2.75) is 57.7 Å². The summed E-state index contributed by atoms with van der Waals surface area (Å²) < 4.78 is 0. The zero-order valence-electron chi connectivity index (χ0n) is 19.8. The molecular formula is C27H35N4O2+. The Morgan fingerprint density at radius 1 is 1.18 bits per heavy atom. The van der Waals surface area contributed by atoms with Crippen LogP contribution in [-0.2, 0) is 6.42 Å². The Bertz CT molecular complexity index is 1030. The molecule has 174 valence electrons. The number of carbonyl (C=O) groups excluding carboxylic acids is 1. The number of amides is 1. The minimum absolute atomic E-state index is 0.00652. The van der Waals surface area contributed by atoms with Gasteiger partial charge in [0.05, 0.1) is 12.6 Å². The molecule has 3 unspecified atom stereocenters. The predicted octanol–water partition coefficient (Wildman–Crippen LogP) is 2.77. The SMILES string of the molecule is CCC1=C(C)C(CN(C)C(=O)c2ccc(CC3CCC(C(O)c4ccccc4)N3)cc2)=N[NH2+]1. The number of hydrogen-bond donors (Lipinski definition) is 3. The van der Waals surface area contributed by atoms with Crippen LogP contribution < -0.4 is 10.7 Å². The summed E-state index contributed by atoms with van der Waals surface area (Å²) in [6.07, 6.45) is 3.35. The summed E-state index contributed by atoms with van der Waals surface area (Å²) in [5.74, 6) is 0.00652. The molecule has 0 aromatic heterocycles. The van der Waals surface area contributed by atoms with Gasteiger partial charge in [-0.05, 0) is 49.4 Å². The Kier molecular flexibility index (Phi) is 7.38. The van der Waals surface area contributed by atoms with Crippen LogP contribution in [0.2, 0.25) is 0 Å². The molecule has 1 saturated heterocycles. The van der Waals surface area contributed by atoms with Crippen LogP contribution in [0, 0.1) is 0 Å². The van der Waals surface area contributed by atoms with Crippen LogP contribution in [0.4, 0.5) is 0 Å². The molecule has 4 rings (SSSR count). The number of aliphatic hydroxyl groups is 1. The largest absolute Gasteiger partial charge is 0.387 e. The number of quaternary nitrogens is 1. The fraction of sp³-hybridized carbons (Fsp3) is 0.407. The van der Waals surface area contributed by atoms with Gasteiger partial charge in [-0.1, -0.05) is 54.5 Å². The number of rotatable bonds is 8. The van der Waals surface area contributed by atoms with E-state index in [0.29, 0.717) is 18.2 Å². The lowest BCUT2D eigenvalue weighted by Crippen LogP contribution is -2.74. The average molecular weight is 448 g/mol. The molecule has 0 bridgehead atoms. The third kappa shape index (κ3) is 5.41. The van der Waals surface area contributed by atoms with Crippen molar-refractivity contribution in [3.63, 3.8) is 0 Å². The second kappa shape index (κ2) is 10.4. The first kappa shape index (κ1) is 23.4. The molecule has 33 heavy (non-hydrogen) atoms. The Hall–Kier alpha value is -2.80. The van der Waals surface area contributed by atoms with Gasteiger partial charge >= 0.3 is 0 Å². The summed E-state index contributed by atoms with van der Waals surface area (Å²) >= 11 is 0.